The highest BCUT2D eigenvalue weighted by atomic mass is 79.9. The molecule has 1 amide bonds. The number of anilines is 1. The summed E-state index contributed by atoms with van der Waals surface area (Å²) in [7, 11) is 0. The average molecular weight is 468 g/mol. The Labute approximate surface area is 155 Å². The molecule has 0 radical (unpaired) electrons. The minimum absolute atomic E-state index is 0.198. The molecule has 1 N–H and O–H groups in total. The van der Waals surface area contributed by atoms with Crippen molar-refractivity contribution < 1.29 is 9.53 Å². The summed E-state index contributed by atoms with van der Waals surface area (Å²) in [5.41, 5.74) is 1.71. The largest absolute Gasteiger partial charge is 0.481 e. The highest BCUT2D eigenvalue weighted by Crippen LogP contribution is 2.33. The van der Waals surface area contributed by atoms with Gasteiger partial charge in [-0.15, -0.1) is 0 Å². The summed E-state index contributed by atoms with van der Waals surface area (Å²) in [5.74, 6) is -0.0238. The number of amides is 1. The molecule has 0 aliphatic rings. The van der Waals surface area contributed by atoms with Crippen molar-refractivity contribution in [3.63, 3.8) is 0 Å². The van der Waals surface area contributed by atoms with Gasteiger partial charge in [0.25, 0.3) is 5.91 Å². The first kappa shape index (κ1) is 17.6. The molecular weight excluding hydrogens is 457 g/mol. The number of benzene rings is 2. The first-order valence-electron chi connectivity index (χ1n) is 6.21. The van der Waals surface area contributed by atoms with Crippen LogP contribution in [0.4, 0.5) is 5.69 Å². The molecule has 116 valence electrons. The quantitative estimate of drug-likeness (QED) is 0.613. The third-order valence-electron chi connectivity index (χ3n) is 2.72. The van der Waals surface area contributed by atoms with Crippen LogP contribution in [0.5, 0.6) is 5.75 Å². The van der Waals surface area contributed by atoms with Crippen molar-refractivity contribution in [2.24, 2.45) is 0 Å². The van der Waals surface area contributed by atoms with Gasteiger partial charge in [-0.2, -0.15) is 0 Å². The van der Waals surface area contributed by atoms with Crippen LogP contribution in [-0.4, -0.2) is 12.5 Å². The molecule has 3 nitrogen and oxygen atoms in total. The van der Waals surface area contributed by atoms with Crippen LogP contribution >= 0.6 is 55.1 Å². The predicted molar refractivity (Wildman–Crippen MR) is 97.2 cm³/mol. The minimum atomic E-state index is -0.318. The molecule has 0 saturated heterocycles. The molecule has 0 saturated carbocycles. The first-order valence-corrected chi connectivity index (χ1v) is 8.55. The van der Waals surface area contributed by atoms with E-state index in [-0.39, 0.29) is 12.5 Å². The van der Waals surface area contributed by atoms with Gasteiger partial charge >= 0.3 is 0 Å². The zero-order valence-corrected chi connectivity index (χ0v) is 16.1. The molecule has 22 heavy (non-hydrogen) atoms. The number of carbonyl (C=O) groups excluding carboxylic acids is 1. The highest BCUT2D eigenvalue weighted by molar-refractivity contribution is 9.11. The van der Waals surface area contributed by atoms with Gasteiger partial charge in [-0.05, 0) is 68.6 Å². The Hall–Kier alpha value is -0.750. The van der Waals surface area contributed by atoms with E-state index in [1.807, 2.05) is 19.1 Å². The maximum Gasteiger partial charge on any atom is 0.262 e. The lowest BCUT2D eigenvalue weighted by atomic mass is 10.2. The van der Waals surface area contributed by atoms with Gasteiger partial charge in [-0.25, -0.2) is 0 Å². The van der Waals surface area contributed by atoms with Gasteiger partial charge in [-0.3, -0.25) is 4.79 Å². The van der Waals surface area contributed by atoms with E-state index in [0.29, 0.717) is 21.5 Å². The van der Waals surface area contributed by atoms with Crippen LogP contribution in [0.3, 0.4) is 0 Å². The van der Waals surface area contributed by atoms with Crippen LogP contribution in [0.1, 0.15) is 5.56 Å². The van der Waals surface area contributed by atoms with E-state index in [4.69, 9.17) is 27.9 Å². The predicted octanol–water partition coefficient (Wildman–Crippen LogP) is 5.84. The highest BCUT2D eigenvalue weighted by Gasteiger charge is 2.13. The summed E-state index contributed by atoms with van der Waals surface area (Å²) in [6.45, 7) is 1.76. The number of carbonyl (C=O) groups is 1. The Morgan fingerprint density at radius 1 is 1.18 bits per heavy atom. The van der Waals surface area contributed by atoms with Crippen LogP contribution in [0.2, 0.25) is 10.0 Å². The van der Waals surface area contributed by atoms with E-state index in [2.05, 4.69) is 37.2 Å². The number of hydrogen-bond acceptors (Lipinski definition) is 2. The monoisotopic (exact) mass is 465 g/mol. The molecule has 0 fully saturated rings. The topological polar surface area (TPSA) is 38.3 Å². The third kappa shape index (κ3) is 4.38. The summed E-state index contributed by atoms with van der Waals surface area (Å²) < 4.78 is 6.96. The first-order chi connectivity index (χ1) is 10.4. The number of aryl methyl sites for hydroxylation is 1. The third-order valence-corrected chi connectivity index (χ3v) is 4.56. The van der Waals surface area contributed by atoms with Gasteiger partial charge in [0.15, 0.2) is 12.4 Å². The molecule has 0 aliphatic heterocycles. The Morgan fingerprint density at radius 3 is 2.27 bits per heavy atom. The molecule has 0 aromatic heterocycles. The summed E-state index contributed by atoms with van der Waals surface area (Å²) in [6.07, 6.45) is 0. The molecule has 7 heteroatoms. The summed E-state index contributed by atoms with van der Waals surface area (Å²) in [4.78, 5) is 12.0. The fourth-order valence-electron chi connectivity index (χ4n) is 1.75. The lowest BCUT2D eigenvalue weighted by molar-refractivity contribution is -0.118. The maximum absolute atomic E-state index is 12.0. The molecule has 2 aromatic rings. The Balaban J connectivity index is 2.05. The Kier molecular flexibility index (Phi) is 6.15. The standard InChI is InChI=1S/C15H11Br2Cl2NO2/c1-8-5-9(16)14(10(17)6-8)20-13(21)7-22-15-11(18)3-2-4-12(15)19/h2-6H,7H2,1H3,(H,20,21). The second kappa shape index (κ2) is 7.68. The zero-order chi connectivity index (χ0) is 16.3. The van der Waals surface area contributed by atoms with Crippen LogP contribution in [-0.2, 0) is 4.79 Å². The van der Waals surface area contributed by atoms with Crippen LogP contribution in [0.15, 0.2) is 39.3 Å². The van der Waals surface area contributed by atoms with Crippen LogP contribution in [0.25, 0.3) is 0 Å². The van der Waals surface area contributed by atoms with E-state index >= 15 is 0 Å². The van der Waals surface area contributed by atoms with E-state index in [1.54, 1.807) is 18.2 Å². The van der Waals surface area contributed by atoms with Crippen molar-refractivity contribution in [3.05, 3.63) is 54.9 Å². The number of rotatable bonds is 4. The molecule has 2 rings (SSSR count). The molecular formula is C15H11Br2Cl2NO2. The fraction of sp³-hybridized carbons (Fsp3) is 0.133. The normalized spacial score (nSPS) is 10.4. The lowest BCUT2D eigenvalue weighted by Gasteiger charge is -2.12. The molecule has 0 unspecified atom stereocenters. The maximum atomic E-state index is 12.0. The van der Waals surface area contributed by atoms with Gasteiger partial charge in [0.05, 0.1) is 15.7 Å². The SMILES string of the molecule is Cc1cc(Br)c(NC(=O)COc2c(Cl)cccc2Cl)c(Br)c1. The second-order valence-corrected chi connectivity index (χ2v) is 7.01. The van der Waals surface area contributed by atoms with Crippen molar-refractivity contribution in [1.29, 1.82) is 0 Å². The molecule has 0 aliphatic carbocycles. The van der Waals surface area contributed by atoms with Gasteiger partial charge < -0.3 is 10.1 Å². The number of halogens is 4. The molecule has 0 spiro atoms. The minimum Gasteiger partial charge on any atom is -0.481 e. The van der Waals surface area contributed by atoms with Gasteiger partial charge in [-0.1, -0.05) is 29.3 Å². The second-order valence-electron chi connectivity index (χ2n) is 4.49. The van der Waals surface area contributed by atoms with Crippen molar-refractivity contribution >= 4 is 66.7 Å². The Morgan fingerprint density at radius 2 is 1.73 bits per heavy atom. The molecule has 2 aromatic carbocycles. The number of nitrogens with one attached hydrogen (secondary N) is 1. The van der Waals surface area contributed by atoms with Crippen molar-refractivity contribution in [1.82, 2.24) is 0 Å². The molecule has 0 bridgehead atoms. The van der Waals surface area contributed by atoms with E-state index in [1.165, 1.54) is 0 Å². The zero-order valence-electron chi connectivity index (χ0n) is 11.4. The summed E-state index contributed by atoms with van der Waals surface area (Å²) in [6, 6.07) is 8.82. The van der Waals surface area contributed by atoms with Gasteiger partial charge in [0.1, 0.15) is 0 Å². The van der Waals surface area contributed by atoms with Crippen molar-refractivity contribution in [2.45, 2.75) is 6.92 Å². The van der Waals surface area contributed by atoms with Crippen LogP contribution < -0.4 is 10.1 Å². The molecule has 0 atom stereocenters. The number of hydrogen-bond donors (Lipinski definition) is 1. The van der Waals surface area contributed by atoms with Crippen LogP contribution in [0, 0.1) is 6.92 Å². The van der Waals surface area contributed by atoms with Crippen molar-refractivity contribution in [3.8, 4) is 5.75 Å². The number of ether oxygens (including phenoxy) is 1. The Bertz CT molecular complexity index is 679. The summed E-state index contributed by atoms with van der Waals surface area (Å²) in [5, 5.41) is 3.49. The van der Waals surface area contributed by atoms with E-state index < -0.39 is 0 Å². The number of para-hydroxylation sites is 1. The summed E-state index contributed by atoms with van der Waals surface area (Å²) >= 11 is 18.8. The van der Waals surface area contributed by atoms with Gasteiger partial charge in [0.2, 0.25) is 0 Å². The molecule has 0 heterocycles. The lowest BCUT2D eigenvalue weighted by Crippen LogP contribution is -2.21. The fourth-order valence-corrected chi connectivity index (χ4v) is 3.87. The van der Waals surface area contributed by atoms with E-state index in [0.717, 1.165) is 14.5 Å². The van der Waals surface area contributed by atoms with E-state index in [9.17, 15) is 4.79 Å². The van der Waals surface area contributed by atoms with Gasteiger partial charge in [0, 0.05) is 8.95 Å². The smallest absolute Gasteiger partial charge is 0.262 e. The average Bonchev–Trinajstić information content (AvgIpc) is 2.42. The van der Waals surface area contributed by atoms with Crippen molar-refractivity contribution in [2.75, 3.05) is 11.9 Å².